The molecule has 0 saturated carbocycles. The Morgan fingerprint density at radius 2 is 1.79 bits per heavy atom. The van der Waals surface area contributed by atoms with E-state index in [1.807, 2.05) is 48.5 Å². The third-order valence-electron chi connectivity index (χ3n) is 3.84. The molecule has 0 aliphatic carbocycles. The molecule has 6 heteroatoms. The zero-order chi connectivity index (χ0) is 17.1. The topological polar surface area (TPSA) is 73.0 Å². The molecule has 0 radical (unpaired) electrons. The summed E-state index contributed by atoms with van der Waals surface area (Å²) < 4.78 is 7.70. The molecule has 0 fully saturated rings. The third kappa shape index (κ3) is 3.16. The van der Waals surface area contributed by atoms with E-state index in [4.69, 9.17) is 10.5 Å². The number of nitrogens with zero attached hydrogens (tertiary/aromatic N) is 1. The fourth-order valence-electron chi connectivity index (χ4n) is 2.62. The van der Waals surface area contributed by atoms with Crippen LogP contribution in [0, 0.1) is 0 Å². The van der Waals surface area contributed by atoms with Gasteiger partial charge in [0.15, 0.2) is 0 Å². The van der Waals surface area contributed by atoms with Crippen LogP contribution in [0.25, 0.3) is 16.9 Å². The van der Waals surface area contributed by atoms with Gasteiger partial charge in [0.05, 0.1) is 18.5 Å². The molecular weight excluding hydrogens is 370 g/mol. The highest BCUT2D eigenvalue weighted by Gasteiger charge is 2.16. The number of H-pyrrole nitrogens is 1. The van der Waals surface area contributed by atoms with Crippen LogP contribution in [0.3, 0.4) is 0 Å². The number of rotatable bonds is 5. The first-order chi connectivity index (χ1) is 11.6. The van der Waals surface area contributed by atoms with Gasteiger partial charge in [-0.3, -0.25) is 9.89 Å². The van der Waals surface area contributed by atoms with Crippen LogP contribution < -0.4 is 16.0 Å². The van der Waals surface area contributed by atoms with Crippen molar-refractivity contribution in [2.45, 2.75) is 6.42 Å². The van der Waals surface area contributed by atoms with Crippen molar-refractivity contribution in [3.63, 3.8) is 0 Å². The summed E-state index contributed by atoms with van der Waals surface area (Å²) in [4.78, 5) is 12.8. The van der Waals surface area contributed by atoms with Gasteiger partial charge >= 0.3 is 0 Å². The Morgan fingerprint density at radius 1 is 1.12 bits per heavy atom. The fraction of sp³-hybridized carbons (Fsp3) is 0.167. The lowest BCUT2D eigenvalue weighted by molar-refractivity contribution is 0.415. The molecule has 0 aliphatic heterocycles. The summed E-state index contributed by atoms with van der Waals surface area (Å²) in [6.45, 7) is 0.413. The first-order valence-electron chi connectivity index (χ1n) is 7.58. The summed E-state index contributed by atoms with van der Waals surface area (Å²) in [6, 6.07) is 15.2. The Bertz CT molecular complexity index is 880. The number of aromatic nitrogens is 2. The van der Waals surface area contributed by atoms with Crippen molar-refractivity contribution in [2.24, 2.45) is 5.73 Å². The minimum absolute atomic E-state index is 0.0754. The van der Waals surface area contributed by atoms with Gasteiger partial charge in [0, 0.05) is 15.6 Å². The monoisotopic (exact) mass is 387 g/mol. The highest BCUT2D eigenvalue weighted by atomic mass is 79.9. The molecule has 0 spiro atoms. The zero-order valence-corrected chi connectivity index (χ0v) is 14.8. The first kappa shape index (κ1) is 16.5. The summed E-state index contributed by atoms with van der Waals surface area (Å²) in [5, 5.41) is 3.22. The van der Waals surface area contributed by atoms with E-state index in [1.54, 1.807) is 11.8 Å². The largest absolute Gasteiger partial charge is 0.497 e. The Hall–Kier alpha value is -2.31. The molecule has 5 nitrogen and oxygen atoms in total. The minimum atomic E-state index is -0.0754. The maximum atomic E-state index is 12.8. The number of hydrogen-bond acceptors (Lipinski definition) is 3. The number of aromatic amines is 1. The van der Waals surface area contributed by atoms with Crippen molar-refractivity contribution < 1.29 is 4.74 Å². The van der Waals surface area contributed by atoms with E-state index in [0.717, 1.165) is 27.2 Å². The van der Waals surface area contributed by atoms with Crippen LogP contribution in [0.5, 0.6) is 5.75 Å². The summed E-state index contributed by atoms with van der Waals surface area (Å²) in [7, 11) is 1.63. The van der Waals surface area contributed by atoms with Gasteiger partial charge < -0.3 is 10.5 Å². The Labute approximate surface area is 148 Å². The van der Waals surface area contributed by atoms with E-state index in [9.17, 15) is 4.79 Å². The predicted octanol–water partition coefficient (Wildman–Crippen LogP) is 3.10. The van der Waals surface area contributed by atoms with Gasteiger partial charge in [0.1, 0.15) is 5.75 Å². The molecule has 1 aromatic heterocycles. The maximum Gasteiger partial charge on any atom is 0.275 e. The van der Waals surface area contributed by atoms with Crippen molar-refractivity contribution in [2.75, 3.05) is 13.7 Å². The fourth-order valence-corrected chi connectivity index (χ4v) is 2.88. The second-order valence-electron chi connectivity index (χ2n) is 5.35. The number of methoxy groups -OCH3 is 1. The molecule has 3 aromatic rings. The van der Waals surface area contributed by atoms with Crippen LogP contribution in [0.4, 0.5) is 0 Å². The summed E-state index contributed by atoms with van der Waals surface area (Å²) in [5.74, 6) is 0.772. The maximum absolute atomic E-state index is 12.8. The molecule has 2 aromatic carbocycles. The van der Waals surface area contributed by atoms with Gasteiger partial charge in [-0.15, -0.1) is 0 Å². The first-order valence-corrected chi connectivity index (χ1v) is 8.37. The van der Waals surface area contributed by atoms with Crippen molar-refractivity contribution in [3.8, 4) is 22.7 Å². The van der Waals surface area contributed by atoms with E-state index in [0.29, 0.717) is 18.5 Å². The van der Waals surface area contributed by atoms with E-state index in [1.165, 1.54) is 0 Å². The molecule has 3 N–H and O–H groups in total. The van der Waals surface area contributed by atoms with Gasteiger partial charge in [-0.25, -0.2) is 4.68 Å². The van der Waals surface area contributed by atoms with Gasteiger partial charge in [-0.1, -0.05) is 15.9 Å². The smallest absolute Gasteiger partial charge is 0.275 e. The molecule has 0 aliphatic rings. The Morgan fingerprint density at radius 3 is 2.38 bits per heavy atom. The lowest BCUT2D eigenvalue weighted by atomic mass is 10.1. The molecule has 24 heavy (non-hydrogen) atoms. The second-order valence-corrected chi connectivity index (χ2v) is 6.27. The van der Waals surface area contributed by atoms with Crippen LogP contribution in [0.15, 0.2) is 57.8 Å². The van der Waals surface area contributed by atoms with E-state index in [-0.39, 0.29) is 5.56 Å². The van der Waals surface area contributed by atoms with Gasteiger partial charge in [-0.05, 0) is 61.5 Å². The molecular formula is C18H18BrN3O2. The molecule has 3 rings (SSSR count). The summed E-state index contributed by atoms with van der Waals surface area (Å²) in [6.07, 6.45) is 0.514. The number of hydrogen-bond donors (Lipinski definition) is 2. The Balaban J connectivity index is 2.12. The van der Waals surface area contributed by atoms with E-state index < -0.39 is 0 Å². The Kier molecular flexibility index (Phi) is 4.87. The van der Waals surface area contributed by atoms with E-state index >= 15 is 0 Å². The quantitative estimate of drug-likeness (QED) is 0.706. The zero-order valence-electron chi connectivity index (χ0n) is 13.3. The predicted molar refractivity (Wildman–Crippen MR) is 98.8 cm³/mol. The number of nitrogens with two attached hydrogens (primary N) is 1. The summed E-state index contributed by atoms with van der Waals surface area (Å²) >= 11 is 3.41. The molecule has 0 bridgehead atoms. The van der Waals surface area contributed by atoms with E-state index in [2.05, 4.69) is 21.0 Å². The van der Waals surface area contributed by atoms with Gasteiger partial charge in [0.2, 0.25) is 0 Å². The number of ether oxygens (including phenoxy) is 1. The number of halogens is 1. The lowest BCUT2D eigenvalue weighted by Crippen LogP contribution is -2.19. The average Bonchev–Trinajstić information content (AvgIpc) is 2.93. The van der Waals surface area contributed by atoms with Crippen LogP contribution >= 0.6 is 15.9 Å². The normalized spacial score (nSPS) is 10.8. The van der Waals surface area contributed by atoms with Crippen molar-refractivity contribution in [3.05, 3.63) is 68.9 Å². The average molecular weight is 388 g/mol. The van der Waals surface area contributed by atoms with Crippen molar-refractivity contribution in [1.82, 2.24) is 9.78 Å². The van der Waals surface area contributed by atoms with Crippen LogP contribution in [-0.4, -0.2) is 23.4 Å². The van der Waals surface area contributed by atoms with Crippen LogP contribution in [0.1, 0.15) is 5.56 Å². The molecule has 124 valence electrons. The van der Waals surface area contributed by atoms with Crippen molar-refractivity contribution in [1.29, 1.82) is 0 Å². The standard InChI is InChI=1S/C18H18BrN3O2/c1-24-15-8-2-12(3-9-15)17-16(10-11-20)18(23)22(21-17)14-6-4-13(19)5-7-14/h2-9,21H,10-11,20H2,1H3. The third-order valence-corrected chi connectivity index (χ3v) is 4.37. The van der Waals surface area contributed by atoms with Gasteiger partial charge in [0.25, 0.3) is 5.56 Å². The highest BCUT2D eigenvalue weighted by molar-refractivity contribution is 9.10. The second kappa shape index (κ2) is 7.07. The molecule has 0 saturated heterocycles. The molecule has 1 heterocycles. The summed E-state index contributed by atoms with van der Waals surface area (Å²) in [5.41, 5.74) is 8.80. The molecule has 0 atom stereocenters. The SMILES string of the molecule is COc1ccc(-c2[nH]n(-c3ccc(Br)cc3)c(=O)c2CCN)cc1. The number of benzene rings is 2. The van der Waals surface area contributed by atoms with Gasteiger partial charge in [-0.2, -0.15) is 0 Å². The van der Waals surface area contributed by atoms with Crippen LogP contribution in [-0.2, 0) is 6.42 Å². The molecule has 0 amide bonds. The minimum Gasteiger partial charge on any atom is -0.497 e. The van der Waals surface area contributed by atoms with Crippen molar-refractivity contribution >= 4 is 15.9 Å². The van der Waals surface area contributed by atoms with Crippen LogP contribution in [0.2, 0.25) is 0 Å². The number of nitrogens with one attached hydrogen (secondary N) is 1. The lowest BCUT2D eigenvalue weighted by Gasteiger charge is -2.04. The highest BCUT2D eigenvalue weighted by Crippen LogP contribution is 2.24. The molecule has 0 unspecified atom stereocenters.